The van der Waals surface area contributed by atoms with Crippen LogP contribution in [0.1, 0.15) is 46.0 Å². The molecule has 2 saturated heterocycles. The Bertz CT molecular complexity index is 681. The van der Waals surface area contributed by atoms with E-state index in [1.54, 1.807) is 12.3 Å². The molecule has 2 fully saturated rings. The lowest BCUT2D eigenvalue weighted by molar-refractivity contribution is -0.125. The number of likely N-dealkylation sites (N-methyl/N-ethyl adjacent to an activating group) is 1. The topological polar surface area (TPSA) is 70.5 Å². The highest BCUT2D eigenvalue weighted by Gasteiger charge is 2.28. The number of carbonyl (C=O) groups excluding carboxylic acids is 1. The van der Waals surface area contributed by atoms with Gasteiger partial charge in [0.15, 0.2) is 0 Å². The second-order valence-corrected chi connectivity index (χ2v) is 7.71. The molecule has 1 amide bonds. The fourth-order valence-corrected chi connectivity index (χ4v) is 4.28. The lowest BCUT2D eigenvalue weighted by Gasteiger charge is -2.33. The zero-order valence-corrected chi connectivity index (χ0v) is 16.7. The normalized spacial score (nSPS) is 21.6. The van der Waals surface area contributed by atoms with E-state index >= 15 is 0 Å². The number of piperidine rings is 1. The maximum Gasteiger partial charge on any atom is 0.268 e. The number of anilines is 1. The van der Waals surface area contributed by atoms with Gasteiger partial charge in [0.1, 0.15) is 0 Å². The van der Waals surface area contributed by atoms with E-state index in [0.717, 1.165) is 57.7 Å². The maximum absolute atomic E-state index is 12.5. The second-order valence-electron chi connectivity index (χ2n) is 7.71. The molecule has 1 aromatic rings. The Morgan fingerprint density at radius 3 is 2.67 bits per heavy atom. The highest BCUT2D eigenvalue weighted by molar-refractivity contribution is 5.79. The van der Waals surface area contributed by atoms with Crippen molar-refractivity contribution in [2.24, 2.45) is 5.92 Å². The Hall–Kier alpha value is -1.89. The minimum atomic E-state index is -0.0498. The monoisotopic (exact) mass is 375 g/mol. The van der Waals surface area contributed by atoms with Gasteiger partial charge in [0.25, 0.3) is 5.56 Å². The molecule has 0 radical (unpaired) electrons. The smallest absolute Gasteiger partial charge is 0.268 e. The van der Waals surface area contributed by atoms with E-state index in [1.165, 1.54) is 17.5 Å². The van der Waals surface area contributed by atoms with E-state index in [9.17, 15) is 9.59 Å². The summed E-state index contributed by atoms with van der Waals surface area (Å²) in [7, 11) is 0. The fraction of sp³-hybridized carbons (Fsp3) is 0.750. The summed E-state index contributed by atoms with van der Waals surface area (Å²) in [5.74, 6) is 0.264. The lowest BCUT2D eigenvalue weighted by atomic mass is 9.95. The average molecular weight is 376 g/mol. The summed E-state index contributed by atoms with van der Waals surface area (Å²) in [6, 6.07) is 2.17. The van der Waals surface area contributed by atoms with Crippen molar-refractivity contribution < 1.29 is 4.79 Å². The Morgan fingerprint density at radius 2 is 2.00 bits per heavy atom. The molecule has 2 aliphatic heterocycles. The number of nitrogens with one attached hydrogen (secondary N) is 1. The fourth-order valence-electron chi connectivity index (χ4n) is 4.28. The number of aryl methyl sites for hydroxylation is 1. The first kappa shape index (κ1) is 19.9. The molecule has 0 aromatic carbocycles. The van der Waals surface area contributed by atoms with Gasteiger partial charge >= 0.3 is 0 Å². The van der Waals surface area contributed by atoms with E-state index in [2.05, 4.69) is 27.1 Å². The molecule has 7 heteroatoms. The molecule has 1 atom stereocenters. The molecule has 3 rings (SSSR count). The van der Waals surface area contributed by atoms with Crippen LogP contribution in [0.3, 0.4) is 0 Å². The number of likely N-dealkylation sites (tertiary alicyclic amines) is 1. The summed E-state index contributed by atoms with van der Waals surface area (Å²) >= 11 is 0. The summed E-state index contributed by atoms with van der Waals surface area (Å²) in [5, 5.41) is 7.44. The third-order valence-corrected chi connectivity index (χ3v) is 5.94. The average Bonchev–Trinajstić information content (AvgIpc) is 3.15. The summed E-state index contributed by atoms with van der Waals surface area (Å²) in [6.45, 7) is 9.44. The molecule has 150 valence electrons. The van der Waals surface area contributed by atoms with Crippen LogP contribution < -0.4 is 15.8 Å². The lowest BCUT2D eigenvalue weighted by Crippen LogP contribution is -2.45. The molecule has 3 heterocycles. The van der Waals surface area contributed by atoms with Crippen LogP contribution in [0.25, 0.3) is 0 Å². The molecule has 27 heavy (non-hydrogen) atoms. The zero-order valence-electron chi connectivity index (χ0n) is 16.7. The Kier molecular flexibility index (Phi) is 6.88. The van der Waals surface area contributed by atoms with E-state index in [1.807, 2.05) is 6.92 Å². The molecule has 2 aliphatic rings. The van der Waals surface area contributed by atoms with Crippen LogP contribution in [-0.2, 0) is 11.3 Å². The highest BCUT2D eigenvalue weighted by atomic mass is 16.2. The van der Waals surface area contributed by atoms with Crippen molar-refractivity contribution in [3.05, 3.63) is 22.6 Å². The van der Waals surface area contributed by atoms with Crippen LogP contribution in [0, 0.1) is 5.92 Å². The molecule has 0 aliphatic carbocycles. The van der Waals surface area contributed by atoms with Crippen molar-refractivity contribution in [2.75, 3.05) is 37.6 Å². The van der Waals surface area contributed by atoms with E-state index in [0.29, 0.717) is 12.6 Å². The van der Waals surface area contributed by atoms with Crippen LogP contribution in [-0.4, -0.2) is 59.4 Å². The molecular formula is C20H33N5O2. The van der Waals surface area contributed by atoms with Crippen molar-refractivity contribution in [1.29, 1.82) is 0 Å². The first-order chi connectivity index (χ1) is 13.1. The van der Waals surface area contributed by atoms with Crippen LogP contribution in [0.15, 0.2) is 17.1 Å². The molecule has 0 bridgehead atoms. The van der Waals surface area contributed by atoms with E-state index in [-0.39, 0.29) is 17.4 Å². The van der Waals surface area contributed by atoms with Gasteiger partial charge in [0.2, 0.25) is 5.91 Å². The third kappa shape index (κ3) is 4.89. The standard InChI is InChI=1S/C20H33N5O2/c1-3-9-25-19(26)13-18(15-22-25)24-11-7-16(8-12-24)20(27)21-14-17-6-5-10-23(17)4-2/h13,15-17H,3-12,14H2,1-2H3,(H,21,27). The number of hydrogen-bond donors (Lipinski definition) is 1. The van der Waals surface area contributed by atoms with Gasteiger partial charge in [0, 0.05) is 44.2 Å². The van der Waals surface area contributed by atoms with Gasteiger partial charge in [-0.3, -0.25) is 14.5 Å². The minimum Gasteiger partial charge on any atom is -0.370 e. The van der Waals surface area contributed by atoms with Crippen LogP contribution in [0.5, 0.6) is 0 Å². The second kappa shape index (κ2) is 9.35. The van der Waals surface area contributed by atoms with Crippen molar-refractivity contribution in [3.63, 3.8) is 0 Å². The Balaban J connectivity index is 1.47. The highest BCUT2D eigenvalue weighted by Crippen LogP contribution is 2.22. The first-order valence-corrected chi connectivity index (χ1v) is 10.5. The predicted molar refractivity (Wildman–Crippen MR) is 107 cm³/mol. The number of hydrogen-bond acceptors (Lipinski definition) is 5. The van der Waals surface area contributed by atoms with Crippen LogP contribution in [0.2, 0.25) is 0 Å². The van der Waals surface area contributed by atoms with Crippen molar-refractivity contribution >= 4 is 11.6 Å². The van der Waals surface area contributed by atoms with Crippen molar-refractivity contribution in [1.82, 2.24) is 20.0 Å². The van der Waals surface area contributed by atoms with Gasteiger partial charge in [-0.05, 0) is 45.2 Å². The summed E-state index contributed by atoms with van der Waals surface area (Å²) in [6.07, 6.45) is 6.74. The van der Waals surface area contributed by atoms with Crippen LogP contribution >= 0.6 is 0 Å². The minimum absolute atomic E-state index is 0.0498. The van der Waals surface area contributed by atoms with Crippen LogP contribution in [0.4, 0.5) is 5.69 Å². The Labute approximate surface area is 161 Å². The van der Waals surface area contributed by atoms with Gasteiger partial charge in [-0.1, -0.05) is 13.8 Å². The van der Waals surface area contributed by atoms with E-state index in [4.69, 9.17) is 0 Å². The largest absolute Gasteiger partial charge is 0.370 e. The van der Waals surface area contributed by atoms with Gasteiger partial charge < -0.3 is 10.2 Å². The number of nitrogens with zero attached hydrogens (tertiary/aromatic N) is 4. The van der Waals surface area contributed by atoms with Gasteiger partial charge in [-0.15, -0.1) is 0 Å². The molecule has 7 nitrogen and oxygen atoms in total. The Morgan fingerprint density at radius 1 is 1.22 bits per heavy atom. The molecule has 0 spiro atoms. The first-order valence-electron chi connectivity index (χ1n) is 10.5. The molecule has 1 unspecified atom stereocenters. The van der Waals surface area contributed by atoms with Crippen molar-refractivity contribution in [3.8, 4) is 0 Å². The predicted octanol–water partition coefficient (Wildman–Crippen LogP) is 1.47. The SMILES string of the molecule is CCCn1ncc(N2CCC(C(=O)NCC3CCCN3CC)CC2)cc1=O. The quantitative estimate of drug-likeness (QED) is 0.781. The molecule has 0 saturated carbocycles. The number of rotatable bonds is 7. The van der Waals surface area contributed by atoms with E-state index < -0.39 is 0 Å². The number of amides is 1. The summed E-state index contributed by atoms with van der Waals surface area (Å²) in [5.41, 5.74) is 0.821. The maximum atomic E-state index is 12.5. The van der Waals surface area contributed by atoms with Gasteiger partial charge in [-0.25, -0.2) is 4.68 Å². The summed E-state index contributed by atoms with van der Waals surface area (Å²) < 4.78 is 1.51. The molecule has 1 aromatic heterocycles. The molecular weight excluding hydrogens is 342 g/mol. The van der Waals surface area contributed by atoms with Gasteiger partial charge in [-0.2, -0.15) is 5.10 Å². The number of aromatic nitrogens is 2. The number of carbonyl (C=O) groups is 1. The zero-order chi connectivity index (χ0) is 19.2. The summed E-state index contributed by atoms with van der Waals surface area (Å²) in [4.78, 5) is 29.3. The van der Waals surface area contributed by atoms with Crippen molar-refractivity contribution in [2.45, 2.75) is 58.5 Å². The molecule has 1 N–H and O–H groups in total. The van der Waals surface area contributed by atoms with Gasteiger partial charge in [0.05, 0.1) is 11.9 Å². The third-order valence-electron chi connectivity index (χ3n) is 5.94.